The first kappa shape index (κ1) is 15.6. The second kappa shape index (κ2) is 6.77. The van der Waals surface area contributed by atoms with E-state index in [2.05, 4.69) is 44.0 Å². The average Bonchev–Trinajstić information content (AvgIpc) is 2.78. The molecule has 1 saturated heterocycles. The van der Waals surface area contributed by atoms with E-state index in [1.165, 1.54) is 38.0 Å². The highest BCUT2D eigenvalue weighted by molar-refractivity contribution is 5.23. The van der Waals surface area contributed by atoms with Crippen molar-refractivity contribution >= 4 is 0 Å². The lowest BCUT2D eigenvalue weighted by atomic mass is 9.89. The van der Waals surface area contributed by atoms with Crippen LogP contribution in [0, 0.1) is 19.8 Å². The molecule has 1 N–H and O–H groups in total. The van der Waals surface area contributed by atoms with Crippen molar-refractivity contribution in [2.24, 2.45) is 5.92 Å². The van der Waals surface area contributed by atoms with E-state index in [0.29, 0.717) is 12.1 Å². The van der Waals surface area contributed by atoms with Crippen LogP contribution in [0.3, 0.4) is 0 Å². The van der Waals surface area contributed by atoms with Gasteiger partial charge in [0.15, 0.2) is 0 Å². The number of rotatable bonds is 5. The molecule has 0 radical (unpaired) electrons. The van der Waals surface area contributed by atoms with Crippen molar-refractivity contribution in [3.05, 3.63) is 23.2 Å². The number of hydrogen-bond donors (Lipinski definition) is 1. The highest BCUT2D eigenvalue weighted by Gasteiger charge is 2.25. The third-order valence-electron chi connectivity index (χ3n) is 4.85. The number of furan rings is 1. The zero-order chi connectivity index (χ0) is 14.7. The molecule has 1 aromatic heterocycles. The molecule has 0 saturated carbocycles. The molecule has 0 spiro atoms. The van der Waals surface area contributed by atoms with Gasteiger partial charge in [-0.3, -0.25) is 0 Å². The Hall–Kier alpha value is -0.800. The standard InChI is InChI=1S/C17H30N2O/c1-6-19-9-7-16(8-10-19)13(3)18-14(4)17-11-12(2)20-15(17)5/h11,13-14,16,18H,6-10H2,1-5H3. The summed E-state index contributed by atoms with van der Waals surface area (Å²) in [6.07, 6.45) is 2.64. The summed E-state index contributed by atoms with van der Waals surface area (Å²) in [5.74, 6) is 2.86. The maximum Gasteiger partial charge on any atom is 0.105 e. The van der Waals surface area contributed by atoms with Gasteiger partial charge in [0, 0.05) is 17.6 Å². The quantitative estimate of drug-likeness (QED) is 0.891. The van der Waals surface area contributed by atoms with Crippen molar-refractivity contribution in [1.29, 1.82) is 0 Å². The van der Waals surface area contributed by atoms with E-state index in [4.69, 9.17) is 4.42 Å². The van der Waals surface area contributed by atoms with Crippen LogP contribution >= 0.6 is 0 Å². The van der Waals surface area contributed by atoms with E-state index >= 15 is 0 Å². The number of hydrogen-bond acceptors (Lipinski definition) is 3. The Kier molecular flexibility index (Phi) is 5.28. The van der Waals surface area contributed by atoms with Crippen LogP contribution in [0.1, 0.15) is 56.7 Å². The lowest BCUT2D eigenvalue weighted by Crippen LogP contribution is -2.42. The molecule has 1 aliphatic heterocycles. The van der Waals surface area contributed by atoms with Crippen molar-refractivity contribution in [2.75, 3.05) is 19.6 Å². The van der Waals surface area contributed by atoms with Crippen LogP contribution in [0.4, 0.5) is 0 Å². The van der Waals surface area contributed by atoms with Crippen molar-refractivity contribution in [3.8, 4) is 0 Å². The Morgan fingerprint density at radius 1 is 1.30 bits per heavy atom. The monoisotopic (exact) mass is 278 g/mol. The number of nitrogens with one attached hydrogen (secondary N) is 1. The Labute approximate surface area is 123 Å². The Morgan fingerprint density at radius 3 is 2.45 bits per heavy atom. The minimum absolute atomic E-state index is 0.367. The topological polar surface area (TPSA) is 28.4 Å². The largest absolute Gasteiger partial charge is 0.466 e. The molecule has 0 aromatic carbocycles. The zero-order valence-electron chi connectivity index (χ0n) is 13.7. The molecular formula is C17H30N2O. The van der Waals surface area contributed by atoms with E-state index in [-0.39, 0.29) is 0 Å². The summed E-state index contributed by atoms with van der Waals surface area (Å²) in [5.41, 5.74) is 1.31. The third kappa shape index (κ3) is 3.64. The second-order valence-corrected chi connectivity index (χ2v) is 6.32. The van der Waals surface area contributed by atoms with E-state index in [0.717, 1.165) is 17.4 Å². The average molecular weight is 278 g/mol. The minimum Gasteiger partial charge on any atom is -0.466 e. The Morgan fingerprint density at radius 2 is 1.95 bits per heavy atom. The summed E-state index contributed by atoms with van der Waals surface area (Å²) >= 11 is 0. The van der Waals surface area contributed by atoms with E-state index in [9.17, 15) is 0 Å². The zero-order valence-corrected chi connectivity index (χ0v) is 13.7. The van der Waals surface area contributed by atoms with E-state index in [1.807, 2.05) is 6.92 Å². The van der Waals surface area contributed by atoms with Gasteiger partial charge in [-0.1, -0.05) is 6.92 Å². The summed E-state index contributed by atoms with van der Waals surface area (Å²) in [7, 11) is 0. The van der Waals surface area contributed by atoms with Crippen LogP contribution in [-0.2, 0) is 0 Å². The van der Waals surface area contributed by atoms with Gasteiger partial charge >= 0.3 is 0 Å². The number of aryl methyl sites for hydroxylation is 2. The highest BCUT2D eigenvalue weighted by atomic mass is 16.3. The molecule has 1 fully saturated rings. The predicted octanol–water partition coefficient (Wildman–Crippen LogP) is 3.67. The number of likely N-dealkylation sites (tertiary alicyclic amines) is 1. The smallest absolute Gasteiger partial charge is 0.105 e. The van der Waals surface area contributed by atoms with Crippen LogP contribution in [0.25, 0.3) is 0 Å². The second-order valence-electron chi connectivity index (χ2n) is 6.32. The Balaban J connectivity index is 1.88. The highest BCUT2D eigenvalue weighted by Crippen LogP contribution is 2.25. The van der Waals surface area contributed by atoms with Gasteiger partial charge in [0.2, 0.25) is 0 Å². The van der Waals surface area contributed by atoms with Crippen LogP contribution in [0.2, 0.25) is 0 Å². The number of piperidine rings is 1. The SMILES string of the molecule is CCN1CCC(C(C)NC(C)c2cc(C)oc2C)CC1. The molecular weight excluding hydrogens is 248 g/mol. The summed E-state index contributed by atoms with van der Waals surface area (Å²) in [6.45, 7) is 14.6. The molecule has 0 amide bonds. The summed E-state index contributed by atoms with van der Waals surface area (Å²) < 4.78 is 5.64. The van der Waals surface area contributed by atoms with Crippen LogP contribution in [0.15, 0.2) is 10.5 Å². The van der Waals surface area contributed by atoms with Crippen molar-refractivity contribution < 1.29 is 4.42 Å². The fourth-order valence-electron chi connectivity index (χ4n) is 3.47. The molecule has 1 aliphatic rings. The van der Waals surface area contributed by atoms with E-state index < -0.39 is 0 Å². The lowest BCUT2D eigenvalue weighted by Gasteiger charge is -2.35. The first-order valence-electron chi connectivity index (χ1n) is 8.06. The molecule has 2 atom stereocenters. The molecule has 2 rings (SSSR count). The summed E-state index contributed by atoms with van der Waals surface area (Å²) in [6, 6.07) is 3.10. The summed E-state index contributed by atoms with van der Waals surface area (Å²) in [5, 5.41) is 3.77. The van der Waals surface area contributed by atoms with Crippen molar-refractivity contribution in [1.82, 2.24) is 10.2 Å². The van der Waals surface area contributed by atoms with Gasteiger partial charge in [-0.2, -0.15) is 0 Å². The van der Waals surface area contributed by atoms with Gasteiger partial charge in [-0.15, -0.1) is 0 Å². The molecule has 2 heterocycles. The number of nitrogens with zero attached hydrogens (tertiary/aromatic N) is 1. The Bertz CT molecular complexity index is 419. The maximum absolute atomic E-state index is 5.64. The molecule has 114 valence electrons. The first-order valence-corrected chi connectivity index (χ1v) is 8.06. The van der Waals surface area contributed by atoms with E-state index in [1.54, 1.807) is 0 Å². The molecule has 2 unspecified atom stereocenters. The van der Waals surface area contributed by atoms with Gasteiger partial charge in [0.1, 0.15) is 11.5 Å². The van der Waals surface area contributed by atoms with Crippen molar-refractivity contribution in [3.63, 3.8) is 0 Å². The lowest BCUT2D eigenvalue weighted by molar-refractivity contribution is 0.165. The molecule has 3 nitrogen and oxygen atoms in total. The van der Waals surface area contributed by atoms with Gasteiger partial charge in [0.25, 0.3) is 0 Å². The maximum atomic E-state index is 5.64. The van der Waals surface area contributed by atoms with Gasteiger partial charge < -0.3 is 14.6 Å². The van der Waals surface area contributed by atoms with Crippen molar-refractivity contribution in [2.45, 2.75) is 59.5 Å². The fraction of sp³-hybridized carbons (Fsp3) is 0.765. The first-order chi connectivity index (χ1) is 9.51. The van der Waals surface area contributed by atoms with Gasteiger partial charge in [0.05, 0.1) is 0 Å². The minimum atomic E-state index is 0.367. The molecule has 0 aliphatic carbocycles. The summed E-state index contributed by atoms with van der Waals surface area (Å²) in [4.78, 5) is 2.55. The van der Waals surface area contributed by atoms with Crippen LogP contribution in [0.5, 0.6) is 0 Å². The van der Waals surface area contributed by atoms with Crippen LogP contribution in [-0.4, -0.2) is 30.6 Å². The van der Waals surface area contributed by atoms with Gasteiger partial charge in [-0.05, 0) is 72.2 Å². The molecule has 3 heteroatoms. The predicted molar refractivity (Wildman–Crippen MR) is 84.0 cm³/mol. The molecule has 20 heavy (non-hydrogen) atoms. The van der Waals surface area contributed by atoms with Crippen LogP contribution < -0.4 is 5.32 Å². The third-order valence-corrected chi connectivity index (χ3v) is 4.85. The molecule has 0 bridgehead atoms. The molecule has 1 aromatic rings. The fourth-order valence-corrected chi connectivity index (χ4v) is 3.47. The van der Waals surface area contributed by atoms with Gasteiger partial charge in [-0.25, -0.2) is 0 Å². The normalized spacial score (nSPS) is 21.1.